The fraction of sp³-hybridized carbons (Fsp3) is 0. The summed E-state index contributed by atoms with van der Waals surface area (Å²) >= 11 is 1.30. The molecule has 0 spiro atoms. The fourth-order valence-electron chi connectivity index (χ4n) is 3.31. The van der Waals surface area contributed by atoms with Crippen LogP contribution in [0.25, 0.3) is 22.1 Å². The highest BCUT2D eigenvalue weighted by molar-refractivity contribution is 7.15. The second kappa shape index (κ2) is 7.71. The Kier molecular flexibility index (Phi) is 4.72. The molecule has 0 saturated heterocycles. The van der Waals surface area contributed by atoms with Gasteiger partial charge in [-0.2, -0.15) is 0 Å². The van der Waals surface area contributed by atoms with E-state index in [1.54, 1.807) is 34.7 Å². The molecule has 0 atom stereocenters. The Hall–Kier alpha value is -4.37. The summed E-state index contributed by atoms with van der Waals surface area (Å²) in [5, 5.41) is 10.9. The fourth-order valence-corrected chi connectivity index (χ4v) is 4.29. The van der Waals surface area contributed by atoms with Crippen LogP contribution in [-0.4, -0.2) is 20.3 Å². The van der Waals surface area contributed by atoms with Gasteiger partial charge in [0.2, 0.25) is 0 Å². The molecule has 0 bridgehead atoms. The van der Waals surface area contributed by atoms with Gasteiger partial charge >= 0.3 is 5.97 Å². The number of fused-ring (bicyclic) bond motifs is 3. The molecule has 8 nitrogen and oxygen atoms in total. The van der Waals surface area contributed by atoms with Crippen LogP contribution >= 0.6 is 11.3 Å². The number of nitro benzene ring substituents is 1. The Morgan fingerprint density at radius 2 is 1.84 bits per heavy atom. The number of aromatic nitrogens is 2. The molecular formula is C23H13N3O5S. The van der Waals surface area contributed by atoms with Crippen molar-refractivity contribution < 1.29 is 14.5 Å². The lowest BCUT2D eigenvalue weighted by molar-refractivity contribution is -0.384. The Bertz CT molecular complexity index is 1620. The van der Waals surface area contributed by atoms with Crippen LogP contribution in [0.5, 0.6) is 5.75 Å². The topological polar surface area (TPSA) is 104 Å². The van der Waals surface area contributed by atoms with Gasteiger partial charge in [0.15, 0.2) is 4.96 Å². The number of carbonyl (C=O) groups excluding carboxylic acids is 1. The average molecular weight is 443 g/mol. The van der Waals surface area contributed by atoms with Gasteiger partial charge in [-0.25, -0.2) is 14.2 Å². The van der Waals surface area contributed by atoms with Gasteiger partial charge in [0.1, 0.15) is 5.75 Å². The number of rotatable bonds is 4. The Balaban J connectivity index is 1.40. The van der Waals surface area contributed by atoms with Crippen molar-refractivity contribution in [3.05, 3.63) is 109 Å². The van der Waals surface area contributed by atoms with E-state index in [1.165, 1.54) is 29.5 Å². The molecule has 2 aromatic heterocycles. The van der Waals surface area contributed by atoms with Crippen molar-refractivity contribution in [1.29, 1.82) is 0 Å². The van der Waals surface area contributed by atoms with Crippen LogP contribution in [0.15, 0.2) is 77.6 Å². The van der Waals surface area contributed by atoms with Crippen molar-refractivity contribution in [3.8, 4) is 5.75 Å². The molecule has 3 aromatic carbocycles. The van der Waals surface area contributed by atoms with Gasteiger partial charge in [0, 0.05) is 12.1 Å². The van der Waals surface area contributed by atoms with Crippen LogP contribution in [0.1, 0.15) is 15.9 Å². The first kappa shape index (κ1) is 19.6. The number of thiazole rings is 1. The van der Waals surface area contributed by atoms with Gasteiger partial charge in [0.05, 0.1) is 26.1 Å². The van der Waals surface area contributed by atoms with Gasteiger partial charge in [-0.15, -0.1) is 0 Å². The quantitative estimate of drug-likeness (QED) is 0.182. The Morgan fingerprint density at radius 1 is 1.06 bits per heavy atom. The Morgan fingerprint density at radius 3 is 2.62 bits per heavy atom. The molecule has 0 aliphatic carbocycles. The Labute approximate surface area is 183 Å². The third kappa shape index (κ3) is 3.50. The second-order valence-electron chi connectivity index (χ2n) is 6.90. The molecule has 0 fully saturated rings. The van der Waals surface area contributed by atoms with E-state index in [4.69, 9.17) is 4.74 Å². The van der Waals surface area contributed by atoms with Crippen LogP contribution in [0, 0.1) is 10.1 Å². The predicted molar refractivity (Wildman–Crippen MR) is 120 cm³/mol. The van der Waals surface area contributed by atoms with E-state index < -0.39 is 10.9 Å². The molecule has 32 heavy (non-hydrogen) atoms. The number of imidazole rings is 1. The lowest BCUT2D eigenvalue weighted by atomic mass is 10.2. The molecule has 9 heteroatoms. The van der Waals surface area contributed by atoms with E-state index in [9.17, 15) is 19.7 Å². The van der Waals surface area contributed by atoms with Gasteiger partial charge < -0.3 is 4.74 Å². The first-order valence-electron chi connectivity index (χ1n) is 9.48. The van der Waals surface area contributed by atoms with E-state index in [0.29, 0.717) is 9.49 Å². The van der Waals surface area contributed by atoms with Crippen LogP contribution in [-0.2, 0) is 0 Å². The number of benzene rings is 3. The molecule has 0 radical (unpaired) electrons. The van der Waals surface area contributed by atoms with E-state index in [2.05, 4.69) is 4.98 Å². The lowest BCUT2D eigenvalue weighted by Crippen LogP contribution is -2.22. The van der Waals surface area contributed by atoms with Crippen molar-refractivity contribution in [3.63, 3.8) is 0 Å². The average Bonchev–Trinajstić information content (AvgIpc) is 3.31. The van der Waals surface area contributed by atoms with Crippen molar-refractivity contribution in [2.45, 2.75) is 0 Å². The summed E-state index contributed by atoms with van der Waals surface area (Å²) in [6.45, 7) is 0. The zero-order chi connectivity index (χ0) is 22.2. The number of ether oxygens (including phenoxy) is 1. The van der Waals surface area contributed by atoms with Gasteiger partial charge in [-0.05, 0) is 42.0 Å². The molecule has 156 valence electrons. The highest BCUT2D eigenvalue weighted by atomic mass is 32.1. The number of hydrogen-bond donors (Lipinski definition) is 0. The minimum absolute atomic E-state index is 0.0833. The van der Waals surface area contributed by atoms with Crippen LogP contribution in [0.3, 0.4) is 0 Å². The SMILES string of the molecule is O=C(Oc1ccc(/C=c2/sc3nc4ccccc4n3c2=O)cc1)c1cccc([N+](=O)[O-])c1. The number of carbonyl (C=O) groups is 1. The molecule has 0 amide bonds. The minimum atomic E-state index is -0.696. The number of hydrogen-bond acceptors (Lipinski definition) is 7. The molecule has 2 heterocycles. The molecule has 5 rings (SSSR count). The van der Waals surface area contributed by atoms with Crippen molar-refractivity contribution in [1.82, 2.24) is 9.38 Å². The first-order valence-corrected chi connectivity index (χ1v) is 10.3. The first-order chi connectivity index (χ1) is 15.5. The summed E-state index contributed by atoms with van der Waals surface area (Å²) in [6, 6.07) is 19.4. The van der Waals surface area contributed by atoms with E-state index >= 15 is 0 Å². The van der Waals surface area contributed by atoms with Crippen LogP contribution in [0.4, 0.5) is 5.69 Å². The number of esters is 1. The summed E-state index contributed by atoms with van der Waals surface area (Å²) in [7, 11) is 0. The van der Waals surface area contributed by atoms with E-state index in [1.807, 2.05) is 24.3 Å². The lowest BCUT2D eigenvalue weighted by Gasteiger charge is -2.04. The summed E-state index contributed by atoms with van der Waals surface area (Å²) in [4.78, 5) is 40.5. The normalized spacial score (nSPS) is 11.8. The third-order valence-corrected chi connectivity index (χ3v) is 5.80. The van der Waals surface area contributed by atoms with Gasteiger partial charge in [-0.1, -0.05) is 41.7 Å². The highest BCUT2D eigenvalue weighted by Gasteiger charge is 2.14. The predicted octanol–water partition coefficient (Wildman–Crippen LogP) is 3.58. The molecule has 0 saturated carbocycles. The largest absolute Gasteiger partial charge is 0.423 e. The summed E-state index contributed by atoms with van der Waals surface area (Å²) in [6.07, 6.45) is 1.75. The number of nitro groups is 1. The van der Waals surface area contributed by atoms with Crippen molar-refractivity contribution in [2.24, 2.45) is 0 Å². The summed E-state index contributed by atoms with van der Waals surface area (Å²) in [5.41, 5.74) is 2.06. The summed E-state index contributed by atoms with van der Waals surface area (Å²) < 4.78 is 7.44. The maximum Gasteiger partial charge on any atom is 0.343 e. The standard InChI is InChI=1S/C23H13N3O5S/c27-21-20(32-23-24-18-6-1-2-7-19(18)25(21)23)12-14-8-10-17(11-9-14)31-22(28)15-4-3-5-16(13-15)26(29)30/h1-13H/b20-12+. The molecule has 0 aliphatic heterocycles. The molecule has 0 aliphatic rings. The maximum absolute atomic E-state index is 12.8. The number of nitrogens with zero attached hydrogens (tertiary/aromatic N) is 3. The van der Waals surface area contributed by atoms with E-state index in [0.717, 1.165) is 22.7 Å². The van der Waals surface area contributed by atoms with E-state index in [-0.39, 0.29) is 22.6 Å². The minimum Gasteiger partial charge on any atom is -0.423 e. The molecule has 0 N–H and O–H groups in total. The smallest absolute Gasteiger partial charge is 0.343 e. The molecule has 5 aromatic rings. The zero-order valence-electron chi connectivity index (χ0n) is 16.3. The van der Waals surface area contributed by atoms with Crippen LogP contribution in [0.2, 0.25) is 0 Å². The summed E-state index contributed by atoms with van der Waals surface area (Å²) in [5.74, 6) is -0.411. The van der Waals surface area contributed by atoms with Gasteiger partial charge in [0.25, 0.3) is 11.2 Å². The van der Waals surface area contributed by atoms with Gasteiger partial charge in [-0.3, -0.25) is 14.9 Å². The van der Waals surface area contributed by atoms with Crippen molar-refractivity contribution in [2.75, 3.05) is 0 Å². The van der Waals surface area contributed by atoms with Crippen molar-refractivity contribution >= 4 is 45.1 Å². The third-order valence-electron chi connectivity index (χ3n) is 4.83. The highest BCUT2D eigenvalue weighted by Crippen LogP contribution is 2.19. The second-order valence-corrected chi connectivity index (χ2v) is 7.91. The molecular weight excluding hydrogens is 430 g/mol. The zero-order valence-corrected chi connectivity index (χ0v) is 17.1. The monoisotopic (exact) mass is 443 g/mol. The number of non-ortho nitro benzene ring substituents is 1. The maximum atomic E-state index is 12.8. The van der Waals surface area contributed by atoms with Crippen LogP contribution < -0.4 is 14.8 Å². The number of para-hydroxylation sites is 2. The molecule has 0 unspecified atom stereocenters.